The number of methoxy groups -OCH3 is 2. The van der Waals surface area contributed by atoms with E-state index in [1.54, 1.807) is 38.5 Å². The molecule has 27 heavy (non-hydrogen) atoms. The lowest BCUT2D eigenvalue weighted by Crippen LogP contribution is -2.29. The maximum Gasteiger partial charge on any atom is 0.269 e. The number of carbonyl (C=O) groups excluding carboxylic acids is 1. The van der Waals surface area contributed by atoms with Crippen molar-refractivity contribution in [2.24, 2.45) is 0 Å². The monoisotopic (exact) mass is 368 g/mol. The Hall–Kier alpha value is -3.68. The zero-order chi connectivity index (χ0) is 19.2. The first-order valence-corrected chi connectivity index (χ1v) is 7.99. The molecule has 0 radical (unpaired) electrons. The number of nitrogens with one attached hydrogen (secondary N) is 2. The quantitative estimate of drug-likeness (QED) is 0.651. The second-order valence-electron chi connectivity index (χ2n) is 5.46. The van der Waals surface area contributed by atoms with Crippen molar-refractivity contribution in [2.75, 3.05) is 19.6 Å². The van der Waals surface area contributed by atoms with Crippen LogP contribution in [0.1, 0.15) is 10.4 Å². The summed E-state index contributed by atoms with van der Waals surface area (Å²) in [7, 11) is 3.13. The van der Waals surface area contributed by atoms with Crippen LogP contribution in [0.4, 0.5) is 10.2 Å². The van der Waals surface area contributed by atoms with Gasteiger partial charge in [0, 0.05) is 11.1 Å². The molecule has 8 heteroatoms. The first-order valence-electron chi connectivity index (χ1n) is 7.99. The molecule has 0 aliphatic heterocycles. The number of benzene rings is 2. The molecule has 3 rings (SSSR count). The molecule has 0 unspecified atom stereocenters. The molecule has 0 aliphatic carbocycles. The molecular formula is C19H17FN4O3. The van der Waals surface area contributed by atoms with Crippen molar-refractivity contribution < 1.29 is 18.7 Å². The zero-order valence-electron chi connectivity index (χ0n) is 14.7. The average Bonchev–Trinajstić information content (AvgIpc) is 2.72. The molecule has 2 N–H and O–H groups in total. The van der Waals surface area contributed by atoms with Gasteiger partial charge in [-0.05, 0) is 54.6 Å². The van der Waals surface area contributed by atoms with E-state index in [9.17, 15) is 9.18 Å². The highest BCUT2D eigenvalue weighted by Crippen LogP contribution is 2.31. The van der Waals surface area contributed by atoms with Crippen LogP contribution >= 0.6 is 0 Å². The van der Waals surface area contributed by atoms with Crippen molar-refractivity contribution in [3.8, 4) is 22.8 Å². The Labute approximate surface area is 155 Å². The molecule has 1 amide bonds. The van der Waals surface area contributed by atoms with Gasteiger partial charge in [-0.15, -0.1) is 10.2 Å². The van der Waals surface area contributed by atoms with Crippen molar-refractivity contribution in [2.45, 2.75) is 0 Å². The van der Waals surface area contributed by atoms with Gasteiger partial charge < -0.3 is 9.47 Å². The lowest BCUT2D eigenvalue weighted by atomic mass is 10.1. The molecule has 2 aromatic carbocycles. The summed E-state index contributed by atoms with van der Waals surface area (Å²) in [6.45, 7) is 0. The molecule has 0 bridgehead atoms. The molecule has 0 saturated carbocycles. The predicted molar refractivity (Wildman–Crippen MR) is 98.1 cm³/mol. The van der Waals surface area contributed by atoms with E-state index < -0.39 is 11.7 Å². The Kier molecular flexibility index (Phi) is 5.46. The summed E-state index contributed by atoms with van der Waals surface area (Å²) in [5.74, 6) is 0.744. The number of hydrogen-bond acceptors (Lipinski definition) is 6. The molecule has 3 aromatic rings. The van der Waals surface area contributed by atoms with Crippen LogP contribution < -0.4 is 20.3 Å². The average molecular weight is 368 g/mol. The van der Waals surface area contributed by atoms with Crippen molar-refractivity contribution in [1.82, 2.24) is 15.6 Å². The highest BCUT2D eigenvalue weighted by Gasteiger charge is 2.09. The maximum atomic E-state index is 12.9. The van der Waals surface area contributed by atoms with Gasteiger partial charge in [0.25, 0.3) is 5.91 Å². The number of amides is 1. The number of halogens is 1. The number of anilines is 1. The van der Waals surface area contributed by atoms with Crippen LogP contribution in [0.3, 0.4) is 0 Å². The van der Waals surface area contributed by atoms with Crippen molar-refractivity contribution in [3.63, 3.8) is 0 Å². The van der Waals surface area contributed by atoms with Crippen molar-refractivity contribution in [3.05, 3.63) is 66.0 Å². The van der Waals surface area contributed by atoms with E-state index >= 15 is 0 Å². The Morgan fingerprint density at radius 1 is 0.926 bits per heavy atom. The lowest BCUT2D eigenvalue weighted by molar-refractivity contribution is 0.0962. The van der Waals surface area contributed by atoms with Crippen LogP contribution in [-0.4, -0.2) is 30.3 Å². The van der Waals surface area contributed by atoms with Gasteiger partial charge in [0.15, 0.2) is 17.3 Å². The van der Waals surface area contributed by atoms with Gasteiger partial charge in [-0.3, -0.25) is 15.6 Å². The molecule has 0 aliphatic rings. The van der Waals surface area contributed by atoms with Crippen LogP contribution in [-0.2, 0) is 0 Å². The van der Waals surface area contributed by atoms with E-state index in [0.29, 0.717) is 28.6 Å². The Morgan fingerprint density at radius 2 is 1.67 bits per heavy atom. The molecule has 7 nitrogen and oxygen atoms in total. The second kappa shape index (κ2) is 8.13. The van der Waals surface area contributed by atoms with E-state index in [1.807, 2.05) is 6.07 Å². The molecule has 0 saturated heterocycles. The fourth-order valence-corrected chi connectivity index (χ4v) is 2.34. The predicted octanol–water partition coefficient (Wildman–Crippen LogP) is 3.06. The highest BCUT2D eigenvalue weighted by atomic mass is 19.1. The molecule has 1 heterocycles. The van der Waals surface area contributed by atoms with Gasteiger partial charge in [-0.2, -0.15) is 0 Å². The number of ether oxygens (including phenoxy) is 2. The molecule has 0 atom stereocenters. The van der Waals surface area contributed by atoms with Gasteiger partial charge >= 0.3 is 0 Å². The van der Waals surface area contributed by atoms with Crippen LogP contribution in [0.25, 0.3) is 11.3 Å². The van der Waals surface area contributed by atoms with E-state index in [4.69, 9.17) is 9.47 Å². The molecular weight excluding hydrogens is 351 g/mol. The third-order valence-electron chi connectivity index (χ3n) is 3.75. The minimum Gasteiger partial charge on any atom is -0.493 e. The number of hydrazine groups is 1. The van der Waals surface area contributed by atoms with E-state index in [-0.39, 0.29) is 0 Å². The second-order valence-corrected chi connectivity index (χ2v) is 5.46. The third-order valence-corrected chi connectivity index (χ3v) is 3.75. The first-order chi connectivity index (χ1) is 13.1. The SMILES string of the molecule is COc1ccc(-c2ccc(NNC(=O)c3ccc(F)cc3)nn2)cc1OC. The molecule has 0 fully saturated rings. The number of aromatic nitrogens is 2. The zero-order valence-corrected chi connectivity index (χ0v) is 14.7. The Morgan fingerprint density at radius 3 is 2.30 bits per heavy atom. The minimum absolute atomic E-state index is 0.318. The summed E-state index contributed by atoms with van der Waals surface area (Å²) in [4.78, 5) is 12.0. The van der Waals surface area contributed by atoms with E-state index in [0.717, 1.165) is 5.56 Å². The van der Waals surface area contributed by atoms with E-state index in [1.165, 1.54) is 24.3 Å². The Bertz CT molecular complexity index is 931. The van der Waals surface area contributed by atoms with E-state index in [2.05, 4.69) is 21.0 Å². The number of nitrogens with zero attached hydrogens (tertiary/aromatic N) is 2. The summed E-state index contributed by atoms with van der Waals surface area (Å²) >= 11 is 0. The topological polar surface area (TPSA) is 85.4 Å². The maximum absolute atomic E-state index is 12.9. The number of rotatable bonds is 6. The third kappa shape index (κ3) is 4.30. The molecule has 0 spiro atoms. The Balaban J connectivity index is 1.67. The fraction of sp³-hybridized carbons (Fsp3) is 0.105. The summed E-state index contributed by atoms with van der Waals surface area (Å²) in [5.41, 5.74) is 6.90. The summed E-state index contributed by atoms with van der Waals surface area (Å²) < 4.78 is 23.4. The first kappa shape index (κ1) is 18.1. The van der Waals surface area contributed by atoms with Gasteiger partial charge in [-0.1, -0.05) is 0 Å². The van der Waals surface area contributed by atoms with Gasteiger partial charge in [0.1, 0.15) is 5.82 Å². The van der Waals surface area contributed by atoms with Crippen molar-refractivity contribution >= 4 is 11.7 Å². The van der Waals surface area contributed by atoms with Crippen LogP contribution in [0.2, 0.25) is 0 Å². The van der Waals surface area contributed by atoms with Gasteiger partial charge in [0.2, 0.25) is 0 Å². The summed E-state index contributed by atoms with van der Waals surface area (Å²) in [6, 6.07) is 14.0. The van der Waals surface area contributed by atoms with Crippen LogP contribution in [0, 0.1) is 5.82 Å². The normalized spacial score (nSPS) is 10.2. The van der Waals surface area contributed by atoms with Crippen LogP contribution in [0.15, 0.2) is 54.6 Å². The molecule has 1 aromatic heterocycles. The molecule has 138 valence electrons. The highest BCUT2D eigenvalue weighted by molar-refractivity contribution is 5.94. The lowest BCUT2D eigenvalue weighted by Gasteiger charge is -2.10. The fourth-order valence-electron chi connectivity index (χ4n) is 2.34. The van der Waals surface area contributed by atoms with Gasteiger partial charge in [0.05, 0.1) is 19.9 Å². The summed E-state index contributed by atoms with van der Waals surface area (Å²) in [6.07, 6.45) is 0. The smallest absolute Gasteiger partial charge is 0.269 e. The standard InChI is InChI=1S/C19H17FN4O3/c1-26-16-9-5-13(11-17(16)27-2)15-8-10-18(22-21-15)23-24-19(25)12-3-6-14(20)7-4-12/h3-11H,1-2H3,(H,22,23)(H,24,25). The van der Waals surface area contributed by atoms with Crippen LogP contribution in [0.5, 0.6) is 11.5 Å². The van der Waals surface area contributed by atoms with Gasteiger partial charge in [-0.25, -0.2) is 4.39 Å². The summed E-state index contributed by atoms with van der Waals surface area (Å²) in [5, 5.41) is 8.16. The number of carbonyl (C=O) groups is 1. The van der Waals surface area contributed by atoms with Crippen molar-refractivity contribution in [1.29, 1.82) is 0 Å². The minimum atomic E-state index is -0.416. The largest absolute Gasteiger partial charge is 0.493 e. The number of hydrogen-bond donors (Lipinski definition) is 2.